The highest BCUT2D eigenvalue weighted by Crippen LogP contribution is 2.20. The number of ether oxygens (including phenoxy) is 1. The van der Waals surface area contributed by atoms with Gasteiger partial charge in [0.2, 0.25) is 5.91 Å². The van der Waals surface area contributed by atoms with Crippen molar-refractivity contribution in [2.45, 2.75) is 57.6 Å². The first-order valence-corrected chi connectivity index (χ1v) is 9.45. The van der Waals surface area contributed by atoms with Crippen LogP contribution in [0.2, 0.25) is 0 Å². The van der Waals surface area contributed by atoms with Crippen molar-refractivity contribution in [3.63, 3.8) is 0 Å². The van der Waals surface area contributed by atoms with Crippen LogP contribution in [0.3, 0.4) is 0 Å². The van der Waals surface area contributed by atoms with Crippen molar-refractivity contribution < 1.29 is 9.53 Å². The normalized spacial score (nSPS) is 15.2. The van der Waals surface area contributed by atoms with Crippen LogP contribution >= 0.6 is 0 Å². The molecule has 140 valence electrons. The van der Waals surface area contributed by atoms with E-state index in [-0.39, 0.29) is 24.4 Å². The third kappa shape index (κ3) is 5.11. The van der Waals surface area contributed by atoms with Crippen molar-refractivity contribution in [3.8, 4) is 0 Å². The van der Waals surface area contributed by atoms with E-state index in [9.17, 15) is 9.59 Å². The van der Waals surface area contributed by atoms with E-state index in [1.165, 1.54) is 23.9 Å². The summed E-state index contributed by atoms with van der Waals surface area (Å²) < 4.78 is 7.08. The molecular formula is C19H26N4O3. The summed E-state index contributed by atoms with van der Waals surface area (Å²) in [4.78, 5) is 24.2. The summed E-state index contributed by atoms with van der Waals surface area (Å²) in [6.07, 6.45) is 7.57. The second-order valence-electron chi connectivity index (χ2n) is 6.72. The van der Waals surface area contributed by atoms with Crippen LogP contribution in [0.15, 0.2) is 29.1 Å². The van der Waals surface area contributed by atoms with E-state index in [1.54, 1.807) is 18.2 Å². The number of hydrogen-bond donors (Lipinski definition) is 1. The number of nitrogens with zero attached hydrogens (tertiary/aromatic N) is 3. The van der Waals surface area contributed by atoms with Gasteiger partial charge in [0.1, 0.15) is 5.52 Å². The number of fused-ring (bicyclic) bond motifs is 1. The topological polar surface area (TPSA) is 86.1 Å². The molecule has 1 saturated carbocycles. The summed E-state index contributed by atoms with van der Waals surface area (Å²) in [5.41, 5.74) is 0.348. The summed E-state index contributed by atoms with van der Waals surface area (Å²) in [6, 6.07) is 7.06. The third-order valence-electron chi connectivity index (χ3n) is 4.73. The van der Waals surface area contributed by atoms with E-state index in [0.717, 1.165) is 19.3 Å². The summed E-state index contributed by atoms with van der Waals surface area (Å²) in [6.45, 7) is 1.49. The number of aryl methyl sites for hydroxylation is 1. The number of benzene rings is 1. The number of nitrogens with one attached hydrogen (secondary N) is 1. The van der Waals surface area contributed by atoms with Crippen LogP contribution in [-0.2, 0) is 16.1 Å². The van der Waals surface area contributed by atoms with Crippen LogP contribution in [-0.4, -0.2) is 40.2 Å². The van der Waals surface area contributed by atoms with E-state index < -0.39 is 0 Å². The first-order valence-electron chi connectivity index (χ1n) is 9.45. The molecule has 1 aromatic heterocycles. The van der Waals surface area contributed by atoms with Crippen LogP contribution in [0.4, 0.5) is 0 Å². The van der Waals surface area contributed by atoms with Gasteiger partial charge < -0.3 is 10.1 Å². The number of rotatable bonds is 8. The zero-order valence-electron chi connectivity index (χ0n) is 15.0. The van der Waals surface area contributed by atoms with Crippen molar-refractivity contribution in [3.05, 3.63) is 34.6 Å². The molecule has 7 heteroatoms. The van der Waals surface area contributed by atoms with Crippen LogP contribution < -0.4 is 10.9 Å². The Hall–Kier alpha value is -2.28. The molecule has 1 aliphatic rings. The minimum absolute atomic E-state index is 0.0930. The zero-order valence-corrected chi connectivity index (χ0v) is 15.0. The molecule has 1 aliphatic carbocycles. The lowest BCUT2D eigenvalue weighted by atomic mass is 9.98. The van der Waals surface area contributed by atoms with Crippen LogP contribution in [0.25, 0.3) is 10.9 Å². The molecule has 1 amide bonds. The highest BCUT2D eigenvalue weighted by molar-refractivity contribution is 5.77. The summed E-state index contributed by atoms with van der Waals surface area (Å²) in [7, 11) is 0. The Morgan fingerprint density at radius 3 is 2.88 bits per heavy atom. The predicted octanol–water partition coefficient (Wildman–Crippen LogP) is 2.04. The lowest BCUT2D eigenvalue weighted by Gasteiger charge is -2.21. The quantitative estimate of drug-likeness (QED) is 0.730. The van der Waals surface area contributed by atoms with Gasteiger partial charge in [0.15, 0.2) is 0 Å². The lowest BCUT2D eigenvalue weighted by molar-refractivity contribution is -0.121. The smallest absolute Gasteiger partial charge is 0.277 e. The van der Waals surface area contributed by atoms with Gasteiger partial charge in [0, 0.05) is 19.6 Å². The SMILES string of the molecule is O=C(CCn1nnc2ccccc2c1=O)NCCCOC1CCCCC1. The van der Waals surface area contributed by atoms with E-state index in [1.807, 2.05) is 6.07 Å². The number of amides is 1. The maximum absolute atomic E-state index is 12.3. The summed E-state index contributed by atoms with van der Waals surface area (Å²) >= 11 is 0. The molecule has 3 rings (SSSR count). The molecular weight excluding hydrogens is 332 g/mol. The van der Waals surface area contributed by atoms with Crippen molar-refractivity contribution in [1.29, 1.82) is 0 Å². The zero-order chi connectivity index (χ0) is 18.2. The molecule has 0 radical (unpaired) electrons. The Morgan fingerprint density at radius 2 is 2.04 bits per heavy atom. The van der Waals surface area contributed by atoms with Gasteiger partial charge >= 0.3 is 0 Å². The molecule has 0 unspecified atom stereocenters. The number of carbonyl (C=O) groups is 1. The van der Waals surface area contributed by atoms with Crippen molar-refractivity contribution in [2.24, 2.45) is 0 Å². The Morgan fingerprint density at radius 1 is 1.23 bits per heavy atom. The lowest BCUT2D eigenvalue weighted by Crippen LogP contribution is -2.30. The first kappa shape index (κ1) is 18.5. The van der Waals surface area contributed by atoms with Gasteiger partial charge in [-0.15, -0.1) is 5.10 Å². The van der Waals surface area contributed by atoms with Crippen LogP contribution in [0, 0.1) is 0 Å². The standard InChI is InChI=1S/C19H26N4O3/c24-18(20-12-6-14-26-15-7-2-1-3-8-15)11-13-23-19(25)16-9-4-5-10-17(16)21-22-23/h4-5,9-10,15H,1-3,6-8,11-14H2,(H,20,24). The maximum Gasteiger partial charge on any atom is 0.277 e. The number of carbonyl (C=O) groups excluding carboxylic acids is 1. The van der Waals surface area contributed by atoms with E-state index >= 15 is 0 Å². The fraction of sp³-hybridized carbons (Fsp3) is 0.579. The van der Waals surface area contributed by atoms with E-state index in [4.69, 9.17) is 4.74 Å². The molecule has 7 nitrogen and oxygen atoms in total. The average molecular weight is 358 g/mol. The Kier molecular flexibility index (Phi) is 6.71. The second-order valence-corrected chi connectivity index (χ2v) is 6.72. The third-order valence-corrected chi connectivity index (χ3v) is 4.73. The minimum atomic E-state index is -0.218. The maximum atomic E-state index is 12.3. The van der Waals surface area contributed by atoms with Crippen LogP contribution in [0.1, 0.15) is 44.9 Å². The molecule has 0 spiro atoms. The average Bonchev–Trinajstić information content (AvgIpc) is 2.68. The van der Waals surface area contributed by atoms with Gasteiger partial charge in [-0.3, -0.25) is 9.59 Å². The minimum Gasteiger partial charge on any atom is -0.378 e. The highest BCUT2D eigenvalue weighted by atomic mass is 16.5. The van der Waals surface area contributed by atoms with Crippen molar-refractivity contribution in [1.82, 2.24) is 20.3 Å². The second kappa shape index (κ2) is 9.43. The van der Waals surface area contributed by atoms with Gasteiger partial charge in [0.05, 0.1) is 18.0 Å². The fourth-order valence-corrected chi connectivity index (χ4v) is 3.25. The fourth-order valence-electron chi connectivity index (χ4n) is 3.25. The predicted molar refractivity (Wildman–Crippen MR) is 98.9 cm³/mol. The molecule has 0 aliphatic heterocycles. The first-order chi connectivity index (χ1) is 12.7. The monoisotopic (exact) mass is 358 g/mol. The molecule has 0 saturated heterocycles. The summed E-state index contributed by atoms with van der Waals surface area (Å²) in [5, 5.41) is 11.3. The molecule has 0 atom stereocenters. The number of hydrogen-bond acceptors (Lipinski definition) is 5. The molecule has 1 heterocycles. The largest absolute Gasteiger partial charge is 0.378 e. The Bertz CT molecular complexity index is 784. The van der Waals surface area contributed by atoms with E-state index in [2.05, 4.69) is 15.6 Å². The Labute approximate surface area is 152 Å². The molecule has 0 bridgehead atoms. The van der Waals surface area contributed by atoms with Gasteiger partial charge in [-0.05, 0) is 31.4 Å². The van der Waals surface area contributed by atoms with E-state index in [0.29, 0.717) is 30.2 Å². The van der Waals surface area contributed by atoms with Crippen molar-refractivity contribution >= 4 is 16.8 Å². The van der Waals surface area contributed by atoms with Crippen molar-refractivity contribution in [2.75, 3.05) is 13.2 Å². The Balaban J connectivity index is 1.36. The van der Waals surface area contributed by atoms with Gasteiger partial charge in [0.25, 0.3) is 5.56 Å². The molecule has 2 aromatic rings. The van der Waals surface area contributed by atoms with Crippen LogP contribution in [0.5, 0.6) is 0 Å². The van der Waals surface area contributed by atoms with Gasteiger partial charge in [-0.1, -0.05) is 36.6 Å². The molecule has 1 aromatic carbocycles. The summed E-state index contributed by atoms with van der Waals surface area (Å²) in [5.74, 6) is -0.0930. The molecule has 1 fully saturated rings. The molecule has 1 N–H and O–H groups in total. The van der Waals surface area contributed by atoms with Gasteiger partial charge in [-0.2, -0.15) is 0 Å². The molecule has 26 heavy (non-hydrogen) atoms. The number of aromatic nitrogens is 3. The van der Waals surface area contributed by atoms with Gasteiger partial charge in [-0.25, -0.2) is 4.68 Å². The highest BCUT2D eigenvalue weighted by Gasteiger charge is 2.13.